The summed E-state index contributed by atoms with van der Waals surface area (Å²) in [4.78, 5) is 11.7. The summed E-state index contributed by atoms with van der Waals surface area (Å²) in [7, 11) is 0. The molecule has 0 aromatic carbocycles. The Hall–Kier alpha value is -1.32. The number of hydrogen-bond donors (Lipinski definition) is 1. The molecule has 0 atom stereocenters. The fourth-order valence-electron chi connectivity index (χ4n) is 2.61. The Bertz CT molecular complexity index is 450. The maximum atomic E-state index is 6.13. The Morgan fingerprint density at radius 3 is 2.05 bits per heavy atom. The fourth-order valence-corrected chi connectivity index (χ4v) is 2.61. The summed E-state index contributed by atoms with van der Waals surface area (Å²) in [5.74, 6) is 3.35. The van der Waals surface area contributed by atoms with E-state index >= 15 is 0 Å². The molecular weight excluding hydrogens is 260 g/mol. The molecule has 0 fully saturated rings. The Labute approximate surface area is 130 Å². The van der Waals surface area contributed by atoms with Crippen molar-refractivity contribution in [2.45, 2.75) is 73.3 Å². The minimum Gasteiger partial charge on any atom is -0.383 e. The number of hydrogen-bond acceptors (Lipinski definition) is 4. The zero-order valence-electron chi connectivity index (χ0n) is 14.8. The van der Waals surface area contributed by atoms with Gasteiger partial charge in [0.05, 0.1) is 0 Å². The van der Waals surface area contributed by atoms with Crippen molar-refractivity contribution >= 4 is 11.6 Å². The zero-order valence-corrected chi connectivity index (χ0v) is 14.8. The third-order valence-electron chi connectivity index (χ3n) is 3.91. The molecule has 1 rings (SSSR count). The molecule has 0 aliphatic carbocycles. The van der Waals surface area contributed by atoms with Crippen LogP contribution in [-0.4, -0.2) is 22.6 Å². The van der Waals surface area contributed by atoms with Gasteiger partial charge in [-0.1, -0.05) is 41.5 Å². The molecular formula is C17H32N4. The van der Waals surface area contributed by atoms with Gasteiger partial charge < -0.3 is 10.6 Å². The molecule has 0 saturated carbocycles. The van der Waals surface area contributed by atoms with Gasteiger partial charge >= 0.3 is 0 Å². The van der Waals surface area contributed by atoms with E-state index in [9.17, 15) is 0 Å². The molecule has 4 nitrogen and oxygen atoms in total. The van der Waals surface area contributed by atoms with Crippen LogP contribution in [0.3, 0.4) is 0 Å². The summed E-state index contributed by atoms with van der Waals surface area (Å²) >= 11 is 0. The fraction of sp³-hybridized carbons (Fsp3) is 0.765. The van der Waals surface area contributed by atoms with Gasteiger partial charge in [0.15, 0.2) is 0 Å². The van der Waals surface area contributed by atoms with Crippen LogP contribution < -0.4 is 10.6 Å². The van der Waals surface area contributed by atoms with Crippen LogP contribution >= 0.6 is 0 Å². The van der Waals surface area contributed by atoms with Gasteiger partial charge in [-0.05, 0) is 25.7 Å². The lowest BCUT2D eigenvalue weighted by Crippen LogP contribution is -2.39. The van der Waals surface area contributed by atoms with Crippen LogP contribution in [0.4, 0.5) is 11.6 Å². The topological polar surface area (TPSA) is 55.0 Å². The third-order valence-corrected chi connectivity index (χ3v) is 3.91. The molecule has 120 valence electrons. The highest BCUT2D eigenvalue weighted by molar-refractivity contribution is 5.57. The van der Waals surface area contributed by atoms with Crippen LogP contribution in [0.25, 0.3) is 0 Å². The van der Waals surface area contributed by atoms with Crippen molar-refractivity contribution in [3.63, 3.8) is 0 Å². The number of anilines is 2. The van der Waals surface area contributed by atoms with Gasteiger partial charge in [-0.15, -0.1) is 0 Å². The van der Waals surface area contributed by atoms with Crippen LogP contribution in [-0.2, 0) is 0 Å². The van der Waals surface area contributed by atoms with Gasteiger partial charge in [0.2, 0.25) is 0 Å². The van der Waals surface area contributed by atoms with Crippen molar-refractivity contribution < 1.29 is 0 Å². The van der Waals surface area contributed by atoms with Crippen LogP contribution in [0.2, 0.25) is 0 Å². The molecule has 1 aromatic heterocycles. The van der Waals surface area contributed by atoms with Crippen LogP contribution in [0, 0.1) is 12.8 Å². The van der Waals surface area contributed by atoms with Crippen LogP contribution in [0.5, 0.6) is 0 Å². The van der Waals surface area contributed by atoms with Gasteiger partial charge in [-0.2, -0.15) is 0 Å². The first-order valence-electron chi connectivity index (χ1n) is 8.22. The second-order valence-corrected chi connectivity index (χ2v) is 6.59. The second-order valence-electron chi connectivity index (χ2n) is 6.59. The smallest absolute Gasteiger partial charge is 0.137 e. The van der Waals surface area contributed by atoms with Crippen molar-refractivity contribution in [1.82, 2.24) is 9.97 Å². The summed E-state index contributed by atoms with van der Waals surface area (Å²) in [6.45, 7) is 16.2. The van der Waals surface area contributed by atoms with Crippen LogP contribution in [0.15, 0.2) is 0 Å². The lowest BCUT2D eigenvalue weighted by molar-refractivity contribution is 0.501. The summed E-state index contributed by atoms with van der Waals surface area (Å²) in [5.41, 5.74) is 7.14. The number of rotatable bonds is 7. The van der Waals surface area contributed by atoms with Gasteiger partial charge in [-0.3, -0.25) is 0 Å². The number of nitrogen functional groups attached to an aromatic ring is 1. The predicted molar refractivity (Wildman–Crippen MR) is 91.8 cm³/mol. The van der Waals surface area contributed by atoms with Gasteiger partial charge in [-0.25, -0.2) is 9.97 Å². The van der Waals surface area contributed by atoms with Crippen molar-refractivity contribution in [3.05, 3.63) is 11.4 Å². The first-order valence-corrected chi connectivity index (χ1v) is 8.22. The number of nitrogens with two attached hydrogens (primary N) is 1. The quantitative estimate of drug-likeness (QED) is 0.820. The highest BCUT2D eigenvalue weighted by Gasteiger charge is 2.22. The molecule has 4 heteroatoms. The summed E-state index contributed by atoms with van der Waals surface area (Å²) in [6.07, 6.45) is 2.23. The Morgan fingerprint density at radius 2 is 1.62 bits per heavy atom. The molecule has 0 radical (unpaired) electrons. The van der Waals surface area contributed by atoms with Crippen molar-refractivity contribution in [1.29, 1.82) is 0 Å². The molecule has 1 heterocycles. The average Bonchev–Trinajstić information content (AvgIpc) is 2.41. The molecule has 1 aromatic rings. The van der Waals surface area contributed by atoms with E-state index in [-0.39, 0.29) is 5.92 Å². The second kappa shape index (κ2) is 7.62. The van der Waals surface area contributed by atoms with E-state index in [4.69, 9.17) is 10.7 Å². The van der Waals surface area contributed by atoms with E-state index in [0.29, 0.717) is 17.8 Å². The molecule has 0 saturated heterocycles. The first-order chi connectivity index (χ1) is 9.81. The minimum absolute atomic E-state index is 0.286. The molecule has 0 spiro atoms. The molecule has 0 amide bonds. The summed E-state index contributed by atoms with van der Waals surface area (Å²) in [6, 6.07) is 0.500. The Kier molecular flexibility index (Phi) is 6.43. The van der Waals surface area contributed by atoms with Gasteiger partial charge in [0, 0.05) is 24.1 Å². The van der Waals surface area contributed by atoms with E-state index in [1.165, 1.54) is 0 Å². The van der Waals surface area contributed by atoms with E-state index in [1.807, 2.05) is 6.92 Å². The molecule has 0 bridgehead atoms. The number of aromatic nitrogens is 2. The first kappa shape index (κ1) is 17.7. The predicted octanol–water partition coefficient (Wildman–Crippen LogP) is 4.14. The lowest BCUT2D eigenvalue weighted by Gasteiger charge is -2.34. The maximum Gasteiger partial charge on any atom is 0.137 e. The summed E-state index contributed by atoms with van der Waals surface area (Å²) in [5, 5.41) is 0. The van der Waals surface area contributed by atoms with E-state index in [2.05, 4.69) is 51.4 Å². The van der Waals surface area contributed by atoms with Crippen LogP contribution in [0.1, 0.15) is 71.7 Å². The third kappa shape index (κ3) is 4.32. The average molecular weight is 292 g/mol. The number of nitrogens with zero attached hydrogens (tertiary/aromatic N) is 3. The Morgan fingerprint density at radius 1 is 1.05 bits per heavy atom. The van der Waals surface area contributed by atoms with Crippen molar-refractivity contribution in [2.75, 3.05) is 17.2 Å². The molecule has 0 aliphatic heterocycles. The van der Waals surface area contributed by atoms with E-state index < -0.39 is 0 Å². The van der Waals surface area contributed by atoms with E-state index in [0.717, 1.165) is 36.6 Å². The monoisotopic (exact) mass is 292 g/mol. The SMILES string of the molecule is CCC(CC)N(CC(C)C)c1nc(C(C)C)nc(N)c1C. The van der Waals surface area contributed by atoms with Gasteiger partial charge in [0.1, 0.15) is 17.5 Å². The molecule has 21 heavy (non-hydrogen) atoms. The van der Waals surface area contributed by atoms with Gasteiger partial charge in [0.25, 0.3) is 0 Å². The highest BCUT2D eigenvalue weighted by atomic mass is 15.2. The minimum atomic E-state index is 0.286. The molecule has 0 unspecified atom stereocenters. The lowest BCUT2D eigenvalue weighted by atomic mass is 10.1. The largest absolute Gasteiger partial charge is 0.383 e. The normalized spacial score (nSPS) is 11.7. The highest BCUT2D eigenvalue weighted by Crippen LogP contribution is 2.28. The summed E-state index contributed by atoms with van der Waals surface area (Å²) < 4.78 is 0. The van der Waals surface area contributed by atoms with E-state index in [1.54, 1.807) is 0 Å². The molecule has 0 aliphatic rings. The standard InChI is InChI=1S/C17H32N4/c1-8-14(9-2)21(10-11(3)4)17-13(7)15(18)19-16(20-17)12(5)6/h11-12,14H,8-10H2,1-7H3,(H2,18,19,20). The van der Waals surface area contributed by atoms with Crippen molar-refractivity contribution in [3.8, 4) is 0 Å². The van der Waals surface area contributed by atoms with Crippen molar-refractivity contribution in [2.24, 2.45) is 5.92 Å². The zero-order chi connectivity index (χ0) is 16.2. The molecule has 2 N–H and O–H groups in total. The maximum absolute atomic E-state index is 6.13. The Balaban J connectivity index is 3.34.